The first-order chi connectivity index (χ1) is 13.0. The van der Waals surface area contributed by atoms with Crippen LogP contribution < -0.4 is 15.6 Å². The molecule has 0 bridgehead atoms. The molecule has 0 aliphatic heterocycles. The number of aryl methyl sites for hydroxylation is 3. The van der Waals surface area contributed by atoms with E-state index in [4.69, 9.17) is 9.15 Å². The third-order valence-electron chi connectivity index (χ3n) is 4.48. The van der Waals surface area contributed by atoms with Gasteiger partial charge >= 0.3 is 0 Å². The van der Waals surface area contributed by atoms with Crippen molar-refractivity contribution in [2.75, 3.05) is 6.61 Å². The van der Waals surface area contributed by atoms with Gasteiger partial charge in [0, 0.05) is 30.6 Å². The Bertz CT molecular complexity index is 1020. The van der Waals surface area contributed by atoms with Crippen LogP contribution in [0.1, 0.15) is 30.2 Å². The monoisotopic (exact) mass is 369 g/mol. The highest BCUT2D eigenvalue weighted by atomic mass is 16.5. The Labute approximate surface area is 157 Å². The molecule has 2 aromatic heterocycles. The SMILES string of the molecule is CCOc1ccccc1CNC(=O)CCn1cnc2oc(C)c(C)c2c1=O. The molecule has 0 saturated heterocycles. The van der Waals surface area contributed by atoms with Gasteiger partial charge in [0.1, 0.15) is 23.2 Å². The number of nitrogens with zero attached hydrogens (tertiary/aromatic N) is 2. The summed E-state index contributed by atoms with van der Waals surface area (Å²) in [6, 6.07) is 7.59. The van der Waals surface area contributed by atoms with Crippen molar-refractivity contribution >= 4 is 17.0 Å². The largest absolute Gasteiger partial charge is 0.494 e. The standard InChI is InChI=1S/C20H23N3O4/c1-4-26-16-8-6-5-7-15(16)11-21-17(24)9-10-23-12-22-19-18(20(23)25)13(2)14(3)27-19/h5-8,12H,4,9-11H2,1-3H3,(H,21,24). The summed E-state index contributed by atoms with van der Waals surface area (Å²) in [6.45, 7) is 6.74. The number of rotatable bonds is 7. The van der Waals surface area contributed by atoms with E-state index in [-0.39, 0.29) is 24.4 Å². The van der Waals surface area contributed by atoms with Crippen LogP contribution in [0.25, 0.3) is 11.1 Å². The lowest BCUT2D eigenvalue weighted by Crippen LogP contribution is -2.27. The lowest BCUT2D eigenvalue weighted by molar-refractivity contribution is -0.121. The number of benzene rings is 1. The van der Waals surface area contributed by atoms with E-state index >= 15 is 0 Å². The molecule has 0 aliphatic carbocycles. The summed E-state index contributed by atoms with van der Waals surface area (Å²) in [5.41, 5.74) is 1.85. The third-order valence-corrected chi connectivity index (χ3v) is 4.48. The number of amides is 1. The zero-order valence-electron chi connectivity index (χ0n) is 15.7. The number of hydrogen-bond donors (Lipinski definition) is 1. The van der Waals surface area contributed by atoms with Crippen LogP contribution in [0.3, 0.4) is 0 Å². The Morgan fingerprint density at radius 1 is 1.30 bits per heavy atom. The fraction of sp³-hybridized carbons (Fsp3) is 0.350. The first-order valence-electron chi connectivity index (χ1n) is 8.93. The maximum Gasteiger partial charge on any atom is 0.264 e. The van der Waals surface area contributed by atoms with E-state index in [2.05, 4.69) is 10.3 Å². The highest BCUT2D eigenvalue weighted by Crippen LogP contribution is 2.19. The molecular formula is C20H23N3O4. The van der Waals surface area contributed by atoms with Crippen molar-refractivity contribution in [1.29, 1.82) is 0 Å². The molecule has 27 heavy (non-hydrogen) atoms. The maximum absolute atomic E-state index is 12.6. The predicted molar refractivity (Wildman–Crippen MR) is 102 cm³/mol. The summed E-state index contributed by atoms with van der Waals surface area (Å²) in [7, 11) is 0. The topological polar surface area (TPSA) is 86.4 Å². The number of carbonyl (C=O) groups is 1. The molecule has 3 rings (SSSR count). The molecule has 1 aromatic carbocycles. The summed E-state index contributed by atoms with van der Waals surface area (Å²) in [6.07, 6.45) is 1.60. The molecule has 0 radical (unpaired) electrons. The first-order valence-corrected chi connectivity index (χ1v) is 8.93. The Hall–Kier alpha value is -3.09. The minimum Gasteiger partial charge on any atom is -0.494 e. The summed E-state index contributed by atoms with van der Waals surface area (Å²) < 4.78 is 12.5. The van der Waals surface area contributed by atoms with Crippen molar-refractivity contribution in [3.05, 3.63) is 57.8 Å². The number of furan rings is 1. The van der Waals surface area contributed by atoms with Crippen LogP contribution in [0.5, 0.6) is 5.75 Å². The zero-order valence-corrected chi connectivity index (χ0v) is 15.7. The molecule has 7 heteroatoms. The number of hydrogen-bond acceptors (Lipinski definition) is 5. The van der Waals surface area contributed by atoms with Gasteiger partial charge in [-0.15, -0.1) is 0 Å². The second-order valence-corrected chi connectivity index (χ2v) is 6.27. The zero-order chi connectivity index (χ0) is 19.4. The number of para-hydroxylation sites is 1. The molecule has 0 saturated carbocycles. The molecule has 0 aliphatic rings. The lowest BCUT2D eigenvalue weighted by atomic mass is 10.2. The van der Waals surface area contributed by atoms with Crippen LogP contribution >= 0.6 is 0 Å². The minimum absolute atomic E-state index is 0.145. The summed E-state index contributed by atoms with van der Waals surface area (Å²) in [5, 5.41) is 3.34. The van der Waals surface area contributed by atoms with Gasteiger partial charge < -0.3 is 14.5 Å². The van der Waals surface area contributed by atoms with Crippen molar-refractivity contribution < 1.29 is 13.9 Å². The Balaban J connectivity index is 1.63. The van der Waals surface area contributed by atoms with Crippen LogP contribution in [-0.2, 0) is 17.9 Å². The van der Waals surface area contributed by atoms with E-state index in [0.29, 0.717) is 30.0 Å². The summed E-state index contributed by atoms with van der Waals surface area (Å²) in [4.78, 5) is 29.0. The molecular weight excluding hydrogens is 346 g/mol. The fourth-order valence-electron chi connectivity index (χ4n) is 2.88. The Morgan fingerprint density at radius 2 is 2.07 bits per heavy atom. The number of nitrogens with one attached hydrogen (secondary N) is 1. The van der Waals surface area contributed by atoms with Crippen LogP contribution in [0.15, 0.2) is 39.8 Å². The van der Waals surface area contributed by atoms with Gasteiger partial charge in [-0.2, -0.15) is 0 Å². The minimum atomic E-state index is -0.191. The number of carbonyl (C=O) groups excluding carboxylic acids is 1. The number of ether oxygens (including phenoxy) is 1. The van der Waals surface area contributed by atoms with Gasteiger partial charge in [0.2, 0.25) is 11.6 Å². The van der Waals surface area contributed by atoms with Gasteiger partial charge in [0.15, 0.2) is 0 Å². The molecule has 3 aromatic rings. The van der Waals surface area contributed by atoms with Crippen LogP contribution in [0, 0.1) is 13.8 Å². The Kier molecular flexibility index (Phi) is 5.59. The smallest absolute Gasteiger partial charge is 0.264 e. The second kappa shape index (κ2) is 8.07. The highest BCUT2D eigenvalue weighted by Gasteiger charge is 2.14. The van der Waals surface area contributed by atoms with E-state index in [9.17, 15) is 9.59 Å². The van der Waals surface area contributed by atoms with Gasteiger partial charge in [0.25, 0.3) is 5.56 Å². The van der Waals surface area contributed by atoms with Crippen LogP contribution in [0.4, 0.5) is 0 Å². The van der Waals surface area contributed by atoms with E-state index in [0.717, 1.165) is 16.9 Å². The second-order valence-electron chi connectivity index (χ2n) is 6.27. The van der Waals surface area contributed by atoms with Gasteiger partial charge in [-0.25, -0.2) is 4.98 Å². The van der Waals surface area contributed by atoms with Gasteiger partial charge in [-0.05, 0) is 26.8 Å². The molecule has 0 fully saturated rings. The quantitative estimate of drug-likeness (QED) is 0.692. The molecule has 142 valence electrons. The molecule has 7 nitrogen and oxygen atoms in total. The molecule has 1 N–H and O–H groups in total. The number of fused-ring (bicyclic) bond motifs is 1. The number of aromatic nitrogens is 2. The third kappa shape index (κ3) is 4.02. The molecule has 0 spiro atoms. The van der Waals surface area contributed by atoms with E-state index < -0.39 is 0 Å². The highest BCUT2D eigenvalue weighted by molar-refractivity contribution is 5.78. The van der Waals surface area contributed by atoms with E-state index in [1.54, 1.807) is 6.92 Å². The van der Waals surface area contributed by atoms with Gasteiger partial charge in [-0.1, -0.05) is 18.2 Å². The van der Waals surface area contributed by atoms with Crippen molar-refractivity contribution in [3.63, 3.8) is 0 Å². The van der Waals surface area contributed by atoms with Crippen molar-refractivity contribution in [2.24, 2.45) is 0 Å². The van der Waals surface area contributed by atoms with Gasteiger partial charge in [0.05, 0.1) is 6.61 Å². The summed E-state index contributed by atoms with van der Waals surface area (Å²) in [5.74, 6) is 1.29. The summed E-state index contributed by atoms with van der Waals surface area (Å²) >= 11 is 0. The van der Waals surface area contributed by atoms with Crippen LogP contribution in [-0.4, -0.2) is 22.1 Å². The maximum atomic E-state index is 12.6. The normalized spacial score (nSPS) is 10.9. The molecule has 1 amide bonds. The van der Waals surface area contributed by atoms with Gasteiger partial charge in [-0.3, -0.25) is 14.2 Å². The van der Waals surface area contributed by atoms with Crippen LogP contribution in [0.2, 0.25) is 0 Å². The molecule has 2 heterocycles. The Morgan fingerprint density at radius 3 is 2.85 bits per heavy atom. The lowest BCUT2D eigenvalue weighted by Gasteiger charge is -2.11. The van der Waals surface area contributed by atoms with E-state index in [1.165, 1.54) is 10.9 Å². The molecule has 0 unspecified atom stereocenters. The average molecular weight is 369 g/mol. The first kappa shape index (κ1) is 18.7. The van der Waals surface area contributed by atoms with Crippen molar-refractivity contribution in [3.8, 4) is 5.75 Å². The molecule has 0 atom stereocenters. The van der Waals surface area contributed by atoms with E-state index in [1.807, 2.05) is 38.1 Å². The van der Waals surface area contributed by atoms with Crippen molar-refractivity contribution in [2.45, 2.75) is 40.3 Å². The fourth-order valence-corrected chi connectivity index (χ4v) is 2.88. The predicted octanol–water partition coefficient (Wildman–Crippen LogP) is 2.71. The van der Waals surface area contributed by atoms with Crippen molar-refractivity contribution in [1.82, 2.24) is 14.9 Å². The average Bonchev–Trinajstić information content (AvgIpc) is 2.95.